The van der Waals surface area contributed by atoms with Gasteiger partial charge in [-0.3, -0.25) is 0 Å². The number of halogens is 4. The minimum absolute atomic E-state index is 0.160. The fourth-order valence-electron chi connectivity index (χ4n) is 1.47. The van der Waals surface area contributed by atoms with Crippen LogP contribution < -0.4 is 9.47 Å². The van der Waals surface area contributed by atoms with E-state index in [4.69, 9.17) is 21.4 Å². The number of pyridine rings is 1. The normalized spacial score (nSPS) is 11.3. The summed E-state index contributed by atoms with van der Waals surface area (Å²) in [6.07, 6.45) is -3.43. The van der Waals surface area contributed by atoms with Gasteiger partial charge in [0.1, 0.15) is 11.5 Å². The Kier molecular flexibility index (Phi) is 4.54. The Balaban J connectivity index is 2.10. The summed E-state index contributed by atoms with van der Waals surface area (Å²) >= 11 is 5.78. The summed E-state index contributed by atoms with van der Waals surface area (Å²) in [5.74, 6) is 0.0751. The van der Waals surface area contributed by atoms with Gasteiger partial charge in [0.05, 0.1) is 11.6 Å². The first kappa shape index (κ1) is 15.4. The molecule has 21 heavy (non-hydrogen) atoms. The van der Waals surface area contributed by atoms with E-state index in [9.17, 15) is 13.2 Å². The third-order valence-corrected chi connectivity index (χ3v) is 2.70. The Morgan fingerprint density at radius 1 is 1.14 bits per heavy atom. The molecule has 0 bridgehead atoms. The Labute approximate surface area is 122 Å². The molecule has 0 radical (unpaired) electrons. The van der Waals surface area contributed by atoms with Crippen molar-refractivity contribution in [2.75, 3.05) is 0 Å². The Morgan fingerprint density at radius 3 is 2.33 bits per heavy atom. The molecule has 1 aromatic heterocycles. The summed E-state index contributed by atoms with van der Waals surface area (Å²) in [5.41, 5.74) is 0.429. The van der Waals surface area contributed by atoms with Gasteiger partial charge in [0.2, 0.25) is 5.88 Å². The summed E-state index contributed by atoms with van der Waals surface area (Å²) in [7, 11) is 0. The lowest BCUT2D eigenvalue weighted by molar-refractivity contribution is -0.274. The number of rotatable bonds is 4. The Morgan fingerprint density at radius 2 is 1.76 bits per heavy atom. The second kappa shape index (κ2) is 6.19. The van der Waals surface area contributed by atoms with E-state index in [1.165, 1.54) is 24.4 Å². The van der Waals surface area contributed by atoms with Gasteiger partial charge in [0.15, 0.2) is 0 Å². The number of benzene rings is 1. The summed E-state index contributed by atoms with van der Waals surface area (Å²) in [4.78, 5) is 3.89. The number of aliphatic hydroxyl groups is 1. The summed E-state index contributed by atoms with van der Waals surface area (Å²) in [6.45, 7) is -0.282. The largest absolute Gasteiger partial charge is 0.573 e. The fraction of sp³-hybridized carbons (Fsp3) is 0.154. The standard InChI is InChI=1S/C13H9ClF3NO3/c14-11-6-18-12(5-8(11)7-19)20-9-1-3-10(4-2-9)21-13(15,16)17/h1-6,19H,7H2. The molecule has 0 fully saturated rings. The Hall–Kier alpha value is -1.99. The van der Waals surface area contributed by atoms with Crippen LogP contribution in [0.15, 0.2) is 36.5 Å². The average molecular weight is 320 g/mol. The van der Waals surface area contributed by atoms with Crippen LogP contribution in [-0.2, 0) is 6.61 Å². The zero-order valence-electron chi connectivity index (χ0n) is 10.4. The molecule has 1 N–H and O–H groups in total. The SMILES string of the molecule is OCc1cc(Oc2ccc(OC(F)(F)F)cc2)ncc1Cl. The van der Waals surface area contributed by atoms with Crippen LogP contribution in [0.1, 0.15) is 5.56 Å². The van der Waals surface area contributed by atoms with Crippen LogP contribution in [0.4, 0.5) is 13.2 Å². The monoisotopic (exact) mass is 319 g/mol. The lowest BCUT2D eigenvalue weighted by Crippen LogP contribution is -2.16. The molecule has 1 aromatic carbocycles. The smallest absolute Gasteiger partial charge is 0.439 e. The molecule has 0 aliphatic rings. The first-order chi connectivity index (χ1) is 9.87. The van der Waals surface area contributed by atoms with Gasteiger partial charge in [-0.1, -0.05) is 11.6 Å². The zero-order chi connectivity index (χ0) is 15.5. The maximum atomic E-state index is 12.0. The molecule has 2 aromatic rings. The summed E-state index contributed by atoms with van der Waals surface area (Å²) < 4.78 is 45.1. The molecule has 0 spiro atoms. The van der Waals surface area contributed by atoms with Crippen molar-refractivity contribution in [3.05, 3.63) is 47.1 Å². The first-order valence-corrected chi connectivity index (χ1v) is 6.04. The second-order valence-electron chi connectivity index (χ2n) is 3.89. The second-order valence-corrected chi connectivity index (χ2v) is 4.30. The van der Waals surface area contributed by atoms with Gasteiger partial charge in [-0.2, -0.15) is 0 Å². The van der Waals surface area contributed by atoms with E-state index in [-0.39, 0.29) is 24.0 Å². The predicted octanol–water partition coefficient (Wildman–Crippen LogP) is 3.92. The first-order valence-electron chi connectivity index (χ1n) is 5.66. The average Bonchev–Trinajstić information content (AvgIpc) is 2.41. The molecule has 0 unspecified atom stereocenters. The van der Waals surface area contributed by atoms with Crippen molar-refractivity contribution in [1.29, 1.82) is 0 Å². The van der Waals surface area contributed by atoms with Crippen molar-refractivity contribution in [3.63, 3.8) is 0 Å². The molecule has 8 heteroatoms. The fourth-order valence-corrected chi connectivity index (χ4v) is 1.63. The van der Waals surface area contributed by atoms with Crippen molar-refractivity contribution in [2.24, 2.45) is 0 Å². The van der Waals surface area contributed by atoms with Crippen LogP contribution in [-0.4, -0.2) is 16.5 Å². The molecular formula is C13H9ClF3NO3. The van der Waals surface area contributed by atoms with Crippen LogP contribution in [0.3, 0.4) is 0 Å². The van der Waals surface area contributed by atoms with E-state index in [1.54, 1.807) is 0 Å². The number of ether oxygens (including phenoxy) is 2. The molecule has 0 aliphatic carbocycles. The van der Waals surface area contributed by atoms with E-state index in [0.29, 0.717) is 10.6 Å². The maximum absolute atomic E-state index is 12.0. The Bertz CT molecular complexity index is 617. The number of aliphatic hydroxyl groups excluding tert-OH is 1. The van der Waals surface area contributed by atoms with Crippen LogP contribution in [0, 0.1) is 0 Å². The lowest BCUT2D eigenvalue weighted by Gasteiger charge is -2.10. The molecule has 0 saturated carbocycles. The number of nitrogens with zero attached hydrogens (tertiary/aromatic N) is 1. The minimum Gasteiger partial charge on any atom is -0.439 e. The van der Waals surface area contributed by atoms with Gasteiger partial charge >= 0.3 is 6.36 Å². The molecule has 0 saturated heterocycles. The van der Waals surface area contributed by atoms with Crippen molar-refractivity contribution in [1.82, 2.24) is 4.98 Å². The minimum atomic E-state index is -4.74. The van der Waals surface area contributed by atoms with Crippen LogP contribution in [0.25, 0.3) is 0 Å². The highest BCUT2D eigenvalue weighted by Gasteiger charge is 2.30. The lowest BCUT2D eigenvalue weighted by atomic mass is 10.3. The van der Waals surface area contributed by atoms with E-state index >= 15 is 0 Å². The highest BCUT2D eigenvalue weighted by atomic mass is 35.5. The molecule has 0 amide bonds. The number of hydrogen-bond acceptors (Lipinski definition) is 4. The molecular weight excluding hydrogens is 311 g/mol. The quantitative estimate of drug-likeness (QED) is 0.928. The summed E-state index contributed by atoms with van der Waals surface area (Å²) in [6, 6.07) is 6.27. The van der Waals surface area contributed by atoms with Crippen LogP contribution in [0.2, 0.25) is 5.02 Å². The van der Waals surface area contributed by atoms with Crippen LogP contribution in [0.5, 0.6) is 17.4 Å². The van der Waals surface area contributed by atoms with E-state index < -0.39 is 6.36 Å². The highest BCUT2D eigenvalue weighted by molar-refractivity contribution is 6.31. The van der Waals surface area contributed by atoms with Crippen LogP contribution >= 0.6 is 11.6 Å². The molecule has 112 valence electrons. The van der Waals surface area contributed by atoms with Gasteiger partial charge in [-0.05, 0) is 24.3 Å². The molecule has 0 atom stereocenters. The van der Waals surface area contributed by atoms with Gasteiger partial charge in [-0.15, -0.1) is 13.2 Å². The van der Waals surface area contributed by atoms with Crippen molar-refractivity contribution < 1.29 is 27.8 Å². The number of alkyl halides is 3. The van der Waals surface area contributed by atoms with Gasteiger partial charge in [0, 0.05) is 17.8 Å². The molecule has 0 aliphatic heterocycles. The third kappa shape index (κ3) is 4.51. The van der Waals surface area contributed by atoms with Crippen molar-refractivity contribution in [3.8, 4) is 17.4 Å². The molecule has 1 heterocycles. The third-order valence-electron chi connectivity index (χ3n) is 2.36. The van der Waals surface area contributed by atoms with Gasteiger partial charge < -0.3 is 14.6 Å². The predicted molar refractivity (Wildman–Crippen MR) is 68.4 cm³/mol. The van der Waals surface area contributed by atoms with Crippen molar-refractivity contribution in [2.45, 2.75) is 13.0 Å². The highest BCUT2D eigenvalue weighted by Crippen LogP contribution is 2.27. The van der Waals surface area contributed by atoms with E-state index in [2.05, 4.69) is 9.72 Å². The topological polar surface area (TPSA) is 51.6 Å². The summed E-state index contributed by atoms with van der Waals surface area (Å²) in [5, 5.41) is 9.35. The van der Waals surface area contributed by atoms with Gasteiger partial charge in [0.25, 0.3) is 0 Å². The number of aromatic nitrogens is 1. The van der Waals surface area contributed by atoms with Crippen molar-refractivity contribution >= 4 is 11.6 Å². The van der Waals surface area contributed by atoms with E-state index in [1.807, 2.05) is 0 Å². The number of hydrogen-bond donors (Lipinski definition) is 1. The molecule has 2 rings (SSSR count). The maximum Gasteiger partial charge on any atom is 0.573 e. The van der Waals surface area contributed by atoms with Gasteiger partial charge in [-0.25, -0.2) is 4.98 Å². The van der Waals surface area contributed by atoms with E-state index in [0.717, 1.165) is 12.1 Å². The zero-order valence-corrected chi connectivity index (χ0v) is 11.1. The molecule has 4 nitrogen and oxygen atoms in total.